The maximum atomic E-state index is 11.8. The Morgan fingerprint density at radius 3 is 2.24 bits per heavy atom. The minimum Gasteiger partial charge on any atom is -0.479 e. The highest BCUT2D eigenvalue weighted by Crippen LogP contribution is 2.27. The van der Waals surface area contributed by atoms with Gasteiger partial charge in [0.1, 0.15) is 0 Å². The molecule has 1 aromatic carbocycles. The summed E-state index contributed by atoms with van der Waals surface area (Å²) in [6.45, 7) is 7.06. The largest absolute Gasteiger partial charge is 0.479 e. The predicted molar refractivity (Wildman–Crippen MR) is 110 cm³/mol. The van der Waals surface area contributed by atoms with Gasteiger partial charge in [-0.1, -0.05) is 30.3 Å². The minimum atomic E-state index is -2.34. The number of carboxylic acids is 2. The minimum absolute atomic E-state index is 0.270. The van der Waals surface area contributed by atoms with Crippen molar-refractivity contribution in [3.8, 4) is 0 Å². The van der Waals surface area contributed by atoms with Gasteiger partial charge in [-0.2, -0.15) is 0 Å². The molecule has 0 saturated heterocycles. The van der Waals surface area contributed by atoms with Crippen LogP contribution in [0.3, 0.4) is 0 Å². The van der Waals surface area contributed by atoms with Crippen LogP contribution in [0.2, 0.25) is 0 Å². The van der Waals surface area contributed by atoms with Crippen molar-refractivity contribution in [3.63, 3.8) is 0 Å². The Kier molecular flexibility index (Phi) is 7.21. The van der Waals surface area contributed by atoms with Gasteiger partial charge in [-0.05, 0) is 49.7 Å². The van der Waals surface area contributed by atoms with E-state index in [1.165, 1.54) is 0 Å². The first kappa shape index (κ1) is 22.6. The summed E-state index contributed by atoms with van der Waals surface area (Å²) >= 11 is 0. The molecular weight excluding hydrogens is 374 g/mol. The molecule has 0 saturated carbocycles. The Balaban J connectivity index is 2.20. The van der Waals surface area contributed by atoms with E-state index < -0.39 is 23.1 Å². The lowest BCUT2D eigenvalue weighted by Crippen LogP contribution is -2.54. The van der Waals surface area contributed by atoms with Gasteiger partial charge in [-0.15, -0.1) is 0 Å². The van der Waals surface area contributed by atoms with Gasteiger partial charge in [0.25, 0.3) is 5.60 Å². The van der Waals surface area contributed by atoms with Crippen LogP contribution < -0.4 is 0 Å². The fraction of sp³-hybridized carbons (Fsp3) is 0.455. The average Bonchev–Trinajstić information content (AvgIpc) is 2.65. The third-order valence-corrected chi connectivity index (χ3v) is 4.50. The number of methoxy groups -OCH3 is 1. The van der Waals surface area contributed by atoms with Crippen LogP contribution in [0.15, 0.2) is 42.6 Å². The highest BCUT2D eigenvalue weighted by Gasteiger charge is 2.50. The zero-order valence-electron chi connectivity index (χ0n) is 17.3. The van der Waals surface area contributed by atoms with Crippen molar-refractivity contribution in [1.29, 1.82) is 0 Å². The van der Waals surface area contributed by atoms with Crippen LogP contribution in [0, 0.1) is 0 Å². The maximum absolute atomic E-state index is 11.8. The SMILES string of the molecule is COCCN1C=CC=C(c2ccc(CC(OC(C)(C)C)(C(=O)O)C(=O)O)cc2)C1. The second kappa shape index (κ2) is 9.24. The van der Waals surface area contributed by atoms with Gasteiger partial charge in [-0.3, -0.25) is 0 Å². The zero-order valence-corrected chi connectivity index (χ0v) is 17.3. The number of carboxylic acid groups (broad SMARTS) is 2. The van der Waals surface area contributed by atoms with Gasteiger partial charge in [0, 0.05) is 26.6 Å². The second-order valence-corrected chi connectivity index (χ2v) is 8.02. The molecular formula is C22H29NO6. The topological polar surface area (TPSA) is 96.3 Å². The lowest BCUT2D eigenvalue weighted by Gasteiger charge is -2.33. The van der Waals surface area contributed by atoms with Crippen LogP contribution in [0.25, 0.3) is 5.57 Å². The fourth-order valence-electron chi connectivity index (χ4n) is 3.17. The Hall–Kier alpha value is -2.64. The molecule has 0 aliphatic carbocycles. The van der Waals surface area contributed by atoms with Crippen molar-refractivity contribution in [3.05, 3.63) is 53.7 Å². The van der Waals surface area contributed by atoms with E-state index in [0.29, 0.717) is 12.2 Å². The molecule has 0 spiro atoms. The number of rotatable bonds is 9. The molecule has 7 heteroatoms. The first-order valence-electron chi connectivity index (χ1n) is 9.44. The number of ether oxygens (including phenoxy) is 2. The van der Waals surface area contributed by atoms with Crippen molar-refractivity contribution >= 4 is 17.5 Å². The van der Waals surface area contributed by atoms with Crippen LogP contribution >= 0.6 is 0 Å². The lowest BCUT2D eigenvalue weighted by molar-refractivity contribution is -0.199. The monoisotopic (exact) mass is 403 g/mol. The normalized spacial score (nSPS) is 14.6. The number of benzene rings is 1. The lowest BCUT2D eigenvalue weighted by atomic mass is 9.91. The number of nitrogens with zero attached hydrogens (tertiary/aromatic N) is 1. The Morgan fingerprint density at radius 1 is 1.10 bits per heavy atom. The predicted octanol–water partition coefficient (Wildman–Crippen LogP) is 2.81. The molecule has 0 amide bonds. The molecule has 1 heterocycles. The quantitative estimate of drug-likeness (QED) is 0.612. The van der Waals surface area contributed by atoms with Crippen molar-refractivity contribution < 1.29 is 29.3 Å². The van der Waals surface area contributed by atoms with E-state index in [9.17, 15) is 19.8 Å². The molecule has 0 bridgehead atoms. The summed E-state index contributed by atoms with van der Waals surface area (Å²) in [5.41, 5.74) is -0.589. The van der Waals surface area contributed by atoms with Gasteiger partial charge in [0.05, 0.1) is 12.2 Å². The maximum Gasteiger partial charge on any atom is 0.348 e. The van der Waals surface area contributed by atoms with Crippen molar-refractivity contribution in [2.24, 2.45) is 0 Å². The smallest absolute Gasteiger partial charge is 0.348 e. The molecule has 0 fully saturated rings. The van der Waals surface area contributed by atoms with E-state index in [1.54, 1.807) is 40.0 Å². The third kappa shape index (κ3) is 5.92. The van der Waals surface area contributed by atoms with Gasteiger partial charge in [0.15, 0.2) is 0 Å². The Morgan fingerprint density at radius 2 is 1.72 bits per heavy atom. The molecule has 2 rings (SSSR count). The van der Waals surface area contributed by atoms with E-state index in [-0.39, 0.29) is 6.42 Å². The summed E-state index contributed by atoms with van der Waals surface area (Å²) in [5, 5.41) is 19.3. The molecule has 0 aromatic heterocycles. The van der Waals surface area contributed by atoms with E-state index >= 15 is 0 Å². The summed E-state index contributed by atoms with van der Waals surface area (Å²) in [6, 6.07) is 7.25. The van der Waals surface area contributed by atoms with Crippen LogP contribution in [0.1, 0.15) is 31.9 Å². The highest BCUT2D eigenvalue weighted by molar-refractivity contribution is 6.02. The number of hydrogen-bond donors (Lipinski definition) is 2. The Bertz CT molecular complexity index is 775. The molecule has 0 unspecified atom stereocenters. The molecule has 1 aliphatic rings. The summed E-state index contributed by atoms with van der Waals surface area (Å²) in [6.07, 6.45) is 5.74. The molecule has 158 valence electrons. The first-order chi connectivity index (χ1) is 13.6. The fourth-order valence-corrected chi connectivity index (χ4v) is 3.17. The number of carbonyl (C=O) groups is 2. The molecule has 0 radical (unpaired) electrons. The van der Waals surface area contributed by atoms with Gasteiger partial charge in [0.2, 0.25) is 0 Å². The second-order valence-electron chi connectivity index (χ2n) is 8.02. The zero-order chi connectivity index (χ0) is 21.7. The van der Waals surface area contributed by atoms with E-state index in [0.717, 1.165) is 24.2 Å². The van der Waals surface area contributed by atoms with Gasteiger partial charge in [-0.25, -0.2) is 9.59 Å². The van der Waals surface area contributed by atoms with E-state index in [1.807, 2.05) is 30.5 Å². The number of aliphatic carboxylic acids is 2. The summed E-state index contributed by atoms with van der Waals surface area (Å²) in [5.74, 6) is -3.03. The number of hydrogen-bond acceptors (Lipinski definition) is 5. The molecule has 2 N–H and O–H groups in total. The highest BCUT2D eigenvalue weighted by atomic mass is 16.6. The van der Waals surface area contributed by atoms with Crippen LogP contribution in [-0.2, 0) is 25.5 Å². The molecule has 0 atom stereocenters. The van der Waals surface area contributed by atoms with Gasteiger partial charge < -0.3 is 24.6 Å². The molecule has 1 aliphatic heterocycles. The van der Waals surface area contributed by atoms with Gasteiger partial charge >= 0.3 is 11.9 Å². The summed E-state index contributed by atoms with van der Waals surface area (Å²) in [4.78, 5) is 25.8. The van der Waals surface area contributed by atoms with Crippen LogP contribution in [-0.4, -0.2) is 65.1 Å². The average molecular weight is 403 g/mol. The standard InChI is InChI=1S/C22H29NO6/c1-21(2,3)29-22(19(24)25,20(26)27)14-16-7-9-17(10-8-16)18-6-5-11-23(15-18)12-13-28-4/h5-11H,12-15H2,1-4H3,(H,24,25)(H,26,27). The first-order valence-corrected chi connectivity index (χ1v) is 9.44. The van der Waals surface area contributed by atoms with E-state index in [2.05, 4.69) is 4.90 Å². The van der Waals surface area contributed by atoms with E-state index in [4.69, 9.17) is 9.47 Å². The summed E-state index contributed by atoms with van der Waals surface area (Å²) < 4.78 is 10.6. The third-order valence-electron chi connectivity index (χ3n) is 4.50. The van der Waals surface area contributed by atoms with Crippen molar-refractivity contribution in [1.82, 2.24) is 4.90 Å². The summed E-state index contributed by atoms with van der Waals surface area (Å²) in [7, 11) is 1.67. The Labute approximate surface area is 171 Å². The number of allylic oxidation sites excluding steroid dienone is 2. The van der Waals surface area contributed by atoms with Crippen LogP contribution in [0.4, 0.5) is 0 Å². The molecule has 29 heavy (non-hydrogen) atoms. The van der Waals surface area contributed by atoms with Crippen molar-refractivity contribution in [2.75, 3.05) is 26.8 Å². The van der Waals surface area contributed by atoms with Crippen LogP contribution in [0.5, 0.6) is 0 Å². The molecule has 1 aromatic rings. The molecule has 7 nitrogen and oxygen atoms in total. The van der Waals surface area contributed by atoms with Crippen molar-refractivity contribution in [2.45, 2.75) is 38.4 Å².